The average molecular weight is 370 g/mol. The molecule has 0 atom stereocenters. The molecule has 1 aromatic heterocycles. The van der Waals surface area contributed by atoms with Crippen LogP contribution in [0.1, 0.15) is 31.1 Å². The molecular formula is C20H20BrNO. The Labute approximate surface area is 145 Å². The van der Waals surface area contributed by atoms with Gasteiger partial charge in [-0.25, -0.2) is 0 Å². The van der Waals surface area contributed by atoms with Gasteiger partial charge in [0.1, 0.15) is 11.5 Å². The topological polar surface area (TPSA) is 25.2 Å². The number of anilines is 1. The molecule has 0 amide bonds. The molecule has 0 fully saturated rings. The first kappa shape index (κ1) is 15.9. The molecule has 0 saturated heterocycles. The lowest BCUT2D eigenvalue weighted by Gasteiger charge is -2.13. The maximum atomic E-state index is 5.95. The highest BCUT2D eigenvalue weighted by molar-refractivity contribution is 9.10. The van der Waals surface area contributed by atoms with E-state index in [2.05, 4.69) is 59.4 Å². The largest absolute Gasteiger partial charge is 0.459 e. The summed E-state index contributed by atoms with van der Waals surface area (Å²) in [5.74, 6) is 2.32. The molecule has 1 N–H and O–H groups in total. The van der Waals surface area contributed by atoms with Gasteiger partial charge in [-0.2, -0.15) is 0 Å². The summed E-state index contributed by atoms with van der Waals surface area (Å²) in [6, 6.07) is 20.6. The maximum Gasteiger partial charge on any atom is 0.134 e. The third-order valence-electron chi connectivity index (χ3n) is 3.83. The predicted octanol–water partition coefficient (Wildman–Crippen LogP) is 6.44. The molecule has 23 heavy (non-hydrogen) atoms. The molecule has 3 rings (SSSR count). The van der Waals surface area contributed by atoms with Crippen LogP contribution in [0.2, 0.25) is 0 Å². The Balaban J connectivity index is 1.72. The smallest absolute Gasteiger partial charge is 0.134 e. The first-order valence-corrected chi connectivity index (χ1v) is 8.60. The number of rotatable bonds is 5. The van der Waals surface area contributed by atoms with Crippen molar-refractivity contribution in [1.82, 2.24) is 0 Å². The maximum absolute atomic E-state index is 5.95. The Morgan fingerprint density at radius 1 is 0.957 bits per heavy atom. The number of para-hydroxylation sites is 1. The normalized spacial score (nSPS) is 11.0. The van der Waals surface area contributed by atoms with Crippen molar-refractivity contribution in [3.05, 3.63) is 76.5 Å². The van der Waals surface area contributed by atoms with Gasteiger partial charge in [0.05, 0.1) is 6.54 Å². The van der Waals surface area contributed by atoms with E-state index < -0.39 is 0 Å². The van der Waals surface area contributed by atoms with Crippen LogP contribution in [0, 0.1) is 0 Å². The molecular weight excluding hydrogens is 350 g/mol. The minimum absolute atomic E-state index is 0.494. The molecule has 0 radical (unpaired) electrons. The van der Waals surface area contributed by atoms with Crippen molar-refractivity contribution < 1.29 is 4.42 Å². The van der Waals surface area contributed by atoms with Gasteiger partial charge in [-0.3, -0.25) is 0 Å². The third-order valence-corrected chi connectivity index (χ3v) is 4.35. The summed E-state index contributed by atoms with van der Waals surface area (Å²) in [4.78, 5) is 0. The molecule has 3 heteroatoms. The van der Waals surface area contributed by atoms with Crippen LogP contribution >= 0.6 is 15.9 Å². The number of hydrogen-bond donors (Lipinski definition) is 1. The van der Waals surface area contributed by atoms with Gasteiger partial charge in [0, 0.05) is 15.7 Å². The van der Waals surface area contributed by atoms with E-state index in [4.69, 9.17) is 4.42 Å². The molecule has 2 nitrogen and oxygen atoms in total. The highest BCUT2D eigenvalue weighted by atomic mass is 79.9. The minimum Gasteiger partial charge on any atom is -0.459 e. The van der Waals surface area contributed by atoms with Crippen molar-refractivity contribution in [3.63, 3.8) is 0 Å². The molecule has 0 aliphatic heterocycles. The van der Waals surface area contributed by atoms with Crippen LogP contribution in [0.4, 0.5) is 5.69 Å². The van der Waals surface area contributed by atoms with Crippen LogP contribution in [0.15, 0.2) is 69.6 Å². The highest BCUT2D eigenvalue weighted by Gasteiger charge is 2.08. The Bertz CT molecular complexity index is 774. The van der Waals surface area contributed by atoms with Crippen LogP contribution in [-0.2, 0) is 6.54 Å². The SMILES string of the molecule is CC(C)c1ccccc1NCc1ccc(-c2ccc(Br)cc2)o1. The fourth-order valence-corrected chi connectivity index (χ4v) is 2.85. The molecule has 0 aliphatic rings. The summed E-state index contributed by atoms with van der Waals surface area (Å²) in [6.07, 6.45) is 0. The first-order chi connectivity index (χ1) is 11.1. The Morgan fingerprint density at radius 3 is 2.43 bits per heavy atom. The summed E-state index contributed by atoms with van der Waals surface area (Å²) >= 11 is 3.45. The number of nitrogens with one attached hydrogen (secondary N) is 1. The minimum atomic E-state index is 0.494. The van der Waals surface area contributed by atoms with Gasteiger partial charge in [0.15, 0.2) is 0 Å². The van der Waals surface area contributed by atoms with E-state index >= 15 is 0 Å². The van der Waals surface area contributed by atoms with Gasteiger partial charge in [-0.05, 0) is 41.8 Å². The molecule has 1 heterocycles. The molecule has 0 aliphatic carbocycles. The number of furan rings is 1. The highest BCUT2D eigenvalue weighted by Crippen LogP contribution is 2.26. The van der Waals surface area contributed by atoms with Crippen LogP contribution in [-0.4, -0.2) is 0 Å². The van der Waals surface area contributed by atoms with Crippen LogP contribution < -0.4 is 5.32 Å². The second-order valence-electron chi connectivity index (χ2n) is 5.87. The van der Waals surface area contributed by atoms with Crippen LogP contribution in [0.5, 0.6) is 0 Å². The van der Waals surface area contributed by atoms with E-state index in [0.29, 0.717) is 12.5 Å². The molecule has 3 aromatic rings. The van der Waals surface area contributed by atoms with Gasteiger partial charge in [0.2, 0.25) is 0 Å². The van der Waals surface area contributed by atoms with E-state index in [1.54, 1.807) is 0 Å². The van der Waals surface area contributed by atoms with Crippen molar-refractivity contribution in [2.75, 3.05) is 5.32 Å². The van der Waals surface area contributed by atoms with Crippen LogP contribution in [0.3, 0.4) is 0 Å². The lowest BCUT2D eigenvalue weighted by molar-refractivity contribution is 0.531. The van der Waals surface area contributed by atoms with E-state index in [-0.39, 0.29) is 0 Å². The molecule has 0 unspecified atom stereocenters. The lowest BCUT2D eigenvalue weighted by atomic mass is 10.0. The number of benzene rings is 2. The fourth-order valence-electron chi connectivity index (χ4n) is 2.59. The summed E-state index contributed by atoms with van der Waals surface area (Å²) < 4.78 is 7.02. The van der Waals surface area contributed by atoms with Crippen molar-refractivity contribution in [3.8, 4) is 11.3 Å². The second-order valence-corrected chi connectivity index (χ2v) is 6.78. The van der Waals surface area contributed by atoms with Gasteiger partial charge in [0.25, 0.3) is 0 Å². The molecule has 0 spiro atoms. The second kappa shape index (κ2) is 7.05. The van der Waals surface area contributed by atoms with E-state index in [1.807, 2.05) is 36.4 Å². The predicted molar refractivity (Wildman–Crippen MR) is 99.7 cm³/mol. The van der Waals surface area contributed by atoms with E-state index in [1.165, 1.54) is 11.3 Å². The summed E-state index contributed by atoms with van der Waals surface area (Å²) in [7, 11) is 0. The third kappa shape index (κ3) is 3.85. The monoisotopic (exact) mass is 369 g/mol. The van der Waals surface area contributed by atoms with Crippen molar-refractivity contribution >= 4 is 21.6 Å². The Morgan fingerprint density at radius 2 is 1.70 bits per heavy atom. The van der Waals surface area contributed by atoms with Gasteiger partial charge >= 0.3 is 0 Å². The van der Waals surface area contributed by atoms with E-state index in [9.17, 15) is 0 Å². The Kier molecular flexibility index (Phi) is 4.87. The van der Waals surface area contributed by atoms with Crippen molar-refractivity contribution in [1.29, 1.82) is 0 Å². The van der Waals surface area contributed by atoms with Gasteiger partial charge in [-0.1, -0.05) is 60.1 Å². The molecule has 118 valence electrons. The quantitative estimate of drug-likeness (QED) is 0.559. The average Bonchev–Trinajstić information content (AvgIpc) is 3.03. The van der Waals surface area contributed by atoms with Gasteiger partial charge in [-0.15, -0.1) is 0 Å². The number of halogens is 1. The number of hydrogen-bond acceptors (Lipinski definition) is 2. The zero-order valence-corrected chi connectivity index (χ0v) is 14.9. The molecule has 0 saturated carbocycles. The van der Waals surface area contributed by atoms with Crippen molar-refractivity contribution in [2.45, 2.75) is 26.3 Å². The summed E-state index contributed by atoms with van der Waals surface area (Å²) in [6.45, 7) is 5.10. The Hall–Kier alpha value is -2.00. The van der Waals surface area contributed by atoms with Crippen molar-refractivity contribution in [2.24, 2.45) is 0 Å². The fraction of sp³-hybridized carbons (Fsp3) is 0.200. The van der Waals surface area contributed by atoms with E-state index in [0.717, 1.165) is 21.6 Å². The zero-order chi connectivity index (χ0) is 16.2. The summed E-state index contributed by atoms with van der Waals surface area (Å²) in [5.41, 5.74) is 3.58. The molecule has 2 aromatic carbocycles. The standard InChI is InChI=1S/C20H20BrNO/c1-14(2)18-5-3-4-6-19(18)22-13-17-11-12-20(23-17)15-7-9-16(21)10-8-15/h3-12,14,22H,13H2,1-2H3. The van der Waals surface area contributed by atoms with Gasteiger partial charge < -0.3 is 9.73 Å². The van der Waals surface area contributed by atoms with Crippen LogP contribution in [0.25, 0.3) is 11.3 Å². The first-order valence-electron chi connectivity index (χ1n) is 7.81. The molecule has 0 bridgehead atoms. The summed E-state index contributed by atoms with van der Waals surface area (Å²) in [5, 5.41) is 3.48. The lowest BCUT2D eigenvalue weighted by Crippen LogP contribution is -2.02. The zero-order valence-electron chi connectivity index (χ0n) is 13.3.